The van der Waals surface area contributed by atoms with Crippen LogP contribution in [0.15, 0.2) is 66.0 Å². The van der Waals surface area contributed by atoms with Gasteiger partial charge in [-0.1, -0.05) is 30.3 Å². The minimum Gasteiger partial charge on any atom is -0.351 e. The van der Waals surface area contributed by atoms with Crippen molar-refractivity contribution in [2.45, 2.75) is 44.3 Å². The van der Waals surface area contributed by atoms with Crippen molar-refractivity contribution >= 4 is 34.9 Å². The lowest BCUT2D eigenvalue weighted by Gasteiger charge is -2.30. The number of hydrogen-bond donors (Lipinski definition) is 3. The molecule has 0 bridgehead atoms. The Morgan fingerprint density at radius 3 is 2.60 bits per heavy atom. The molecular formula is C26H26N6O2S. The number of thioether (sulfide) groups is 1. The monoisotopic (exact) mass is 486 g/mol. The maximum atomic E-state index is 11.8. The number of pyridine rings is 1. The predicted molar refractivity (Wildman–Crippen MR) is 137 cm³/mol. The van der Waals surface area contributed by atoms with E-state index in [-0.39, 0.29) is 11.1 Å². The van der Waals surface area contributed by atoms with Crippen molar-refractivity contribution in [1.82, 2.24) is 25.6 Å². The lowest BCUT2D eigenvalue weighted by molar-refractivity contribution is -0.115. The van der Waals surface area contributed by atoms with Gasteiger partial charge in [0.25, 0.3) is 11.1 Å². The number of nitrogens with one attached hydrogen (secondary N) is 3. The zero-order valence-corrected chi connectivity index (χ0v) is 19.9. The Labute approximate surface area is 208 Å². The fraction of sp³-hybridized carbons (Fsp3) is 0.269. The number of nitrogens with zero attached hydrogens (tertiary/aromatic N) is 3. The maximum absolute atomic E-state index is 11.8. The molecule has 5 rings (SSSR count). The molecule has 0 unspecified atom stereocenters. The van der Waals surface area contributed by atoms with Crippen LogP contribution in [0.25, 0.3) is 17.2 Å². The molecule has 2 amide bonds. The fourth-order valence-corrected chi connectivity index (χ4v) is 5.10. The van der Waals surface area contributed by atoms with Crippen LogP contribution in [0.1, 0.15) is 36.9 Å². The van der Waals surface area contributed by atoms with Crippen LogP contribution >= 0.6 is 11.8 Å². The Bertz CT molecular complexity index is 1240. The first-order valence-electron chi connectivity index (χ1n) is 11.7. The molecule has 35 heavy (non-hydrogen) atoms. The fourth-order valence-electron chi connectivity index (χ4n) is 4.43. The quantitative estimate of drug-likeness (QED) is 0.422. The second-order valence-corrected chi connectivity index (χ2v) is 9.64. The summed E-state index contributed by atoms with van der Waals surface area (Å²) in [7, 11) is 0. The molecule has 2 fully saturated rings. The van der Waals surface area contributed by atoms with Crippen LogP contribution < -0.4 is 16.0 Å². The van der Waals surface area contributed by atoms with Gasteiger partial charge in [0, 0.05) is 42.8 Å². The number of benzene rings is 1. The molecule has 9 heteroatoms. The lowest BCUT2D eigenvalue weighted by atomic mass is 9.91. The Kier molecular flexibility index (Phi) is 7.15. The van der Waals surface area contributed by atoms with Crippen molar-refractivity contribution in [3.8, 4) is 11.1 Å². The van der Waals surface area contributed by atoms with E-state index in [0.29, 0.717) is 28.6 Å². The van der Waals surface area contributed by atoms with Gasteiger partial charge in [-0.25, -0.2) is 9.97 Å². The van der Waals surface area contributed by atoms with Crippen molar-refractivity contribution in [1.29, 1.82) is 0 Å². The van der Waals surface area contributed by atoms with Gasteiger partial charge in [0.2, 0.25) is 5.95 Å². The summed E-state index contributed by atoms with van der Waals surface area (Å²) >= 11 is 0.883. The first-order chi connectivity index (χ1) is 17.1. The van der Waals surface area contributed by atoms with E-state index in [1.165, 1.54) is 11.1 Å². The summed E-state index contributed by atoms with van der Waals surface area (Å²) in [5.41, 5.74) is 4.22. The molecule has 8 nitrogen and oxygen atoms in total. The summed E-state index contributed by atoms with van der Waals surface area (Å²) in [6, 6.07) is 15.0. The van der Waals surface area contributed by atoms with Gasteiger partial charge in [0.15, 0.2) is 0 Å². The summed E-state index contributed by atoms with van der Waals surface area (Å²) in [4.78, 5) is 36.6. The Morgan fingerprint density at radius 2 is 1.83 bits per heavy atom. The van der Waals surface area contributed by atoms with Gasteiger partial charge in [-0.2, -0.15) is 0 Å². The largest absolute Gasteiger partial charge is 0.351 e. The second kappa shape index (κ2) is 10.8. The normalized spacial score (nSPS) is 21.2. The zero-order valence-electron chi connectivity index (χ0n) is 19.1. The molecule has 1 aliphatic carbocycles. The summed E-state index contributed by atoms with van der Waals surface area (Å²) in [6.45, 7) is 0.821. The van der Waals surface area contributed by atoms with Crippen molar-refractivity contribution in [2.24, 2.45) is 0 Å². The van der Waals surface area contributed by atoms with Crippen LogP contribution in [0, 0.1) is 0 Å². The third-order valence-corrected chi connectivity index (χ3v) is 7.04. The molecule has 0 radical (unpaired) electrons. The molecule has 2 aliphatic rings. The van der Waals surface area contributed by atoms with Gasteiger partial charge < -0.3 is 10.6 Å². The maximum Gasteiger partial charge on any atom is 0.290 e. The standard InChI is InChI=1S/C26H26N6O2S/c33-24-23(35-26(34)32-24)14-21-11-13-28-25(31-21)30-20-9-7-19(8-10-20)29-16-18-4-1-2-6-22(18)17-5-3-12-27-15-17/h1-6,11-15,19-20,29H,7-10,16H2,(H,28,30,31)(H,32,33,34)/b23-14-/t19-,20-. The third kappa shape index (κ3) is 5.93. The number of amides is 2. The smallest absolute Gasteiger partial charge is 0.290 e. The van der Waals surface area contributed by atoms with Crippen LogP contribution in [-0.4, -0.2) is 38.2 Å². The van der Waals surface area contributed by atoms with E-state index in [9.17, 15) is 9.59 Å². The lowest BCUT2D eigenvalue weighted by Crippen LogP contribution is -2.37. The van der Waals surface area contributed by atoms with E-state index in [4.69, 9.17) is 0 Å². The topological polar surface area (TPSA) is 109 Å². The zero-order chi connectivity index (χ0) is 24.0. The molecule has 1 aliphatic heterocycles. The molecule has 178 valence electrons. The number of carbonyl (C=O) groups excluding carboxylic acids is 2. The van der Waals surface area contributed by atoms with Crippen molar-refractivity contribution in [3.63, 3.8) is 0 Å². The van der Waals surface area contributed by atoms with Crippen molar-refractivity contribution in [2.75, 3.05) is 5.32 Å². The molecule has 3 heterocycles. The number of aromatic nitrogens is 3. The number of anilines is 1. The molecule has 1 saturated heterocycles. The molecule has 3 aromatic rings. The first kappa shape index (κ1) is 23.2. The highest BCUT2D eigenvalue weighted by atomic mass is 32.2. The van der Waals surface area contributed by atoms with Crippen molar-refractivity contribution < 1.29 is 9.59 Å². The van der Waals surface area contributed by atoms with Crippen LogP contribution in [0.3, 0.4) is 0 Å². The predicted octanol–water partition coefficient (Wildman–Crippen LogP) is 4.38. The van der Waals surface area contributed by atoms with Crippen LogP contribution in [0.2, 0.25) is 0 Å². The van der Waals surface area contributed by atoms with Crippen LogP contribution in [0.4, 0.5) is 10.7 Å². The molecule has 1 aromatic carbocycles. The van der Waals surface area contributed by atoms with E-state index in [1.807, 2.05) is 12.3 Å². The summed E-state index contributed by atoms with van der Waals surface area (Å²) in [6.07, 6.45) is 11.1. The van der Waals surface area contributed by atoms with Gasteiger partial charge in [0.05, 0.1) is 10.6 Å². The van der Waals surface area contributed by atoms with Gasteiger partial charge in [-0.15, -0.1) is 0 Å². The average Bonchev–Trinajstić information content (AvgIpc) is 3.20. The first-order valence-corrected chi connectivity index (χ1v) is 12.5. The van der Waals surface area contributed by atoms with E-state index in [1.54, 1.807) is 24.5 Å². The van der Waals surface area contributed by atoms with Gasteiger partial charge in [0.1, 0.15) is 0 Å². The SMILES string of the molecule is O=C1NC(=O)/C(=C/c2ccnc(N[C@H]3CC[C@H](NCc4ccccc4-c4cccnc4)CC3)n2)S1. The van der Waals surface area contributed by atoms with Crippen molar-refractivity contribution in [3.05, 3.63) is 77.2 Å². The average molecular weight is 487 g/mol. The molecule has 0 spiro atoms. The molecule has 2 aromatic heterocycles. The Morgan fingerprint density at radius 1 is 1.00 bits per heavy atom. The minimum atomic E-state index is -0.387. The summed E-state index contributed by atoms with van der Waals surface area (Å²) < 4.78 is 0. The molecule has 1 saturated carbocycles. The van der Waals surface area contributed by atoms with Gasteiger partial charge in [-0.3, -0.25) is 19.9 Å². The molecule has 0 atom stereocenters. The Hall–Kier alpha value is -3.56. The van der Waals surface area contributed by atoms with Crippen LogP contribution in [-0.2, 0) is 11.3 Å². The van der Waals surface area contributed by atoms with E-state index < -0.39 is 0 Å². The van der Waals surface area contributed by atoms with E-state index >= 15 is 0 Å². The second-order valence-electron chi connectivity index (χ2n) is 8.63. The highest BCUT2D eigenvalue weighted by Gasteiger charge is 2.25. The number of hydrogen-bond acceptors (Lipinski definition) is 8. The highest BCUT2D eigenvalue weighted by Crippen LogP contribution is 2.27. The minimum absolute atomic E-state index is 0.296. The number of imide groups is 1. The Balaban J connectivity index is 1.14. The highest BCUT2D eigenvalue weighted by molar-refractivity contribution is 8.18. The van der Waals surface area contributed by atoms with Crippen LogP contribution in [0.5, 0.6) is 0 Å². The number of rotatable bonds is 7. The van der Waals surface area contributed by atoms with Gasteiger partial charge in [-0.05, 0) is 66.8 Å². The molecule has 3 N–H and O–H groups in total. The third-order valence-electron chi connectivity index (χ3n) is 6.23. The summed E-state index contributed by atoms with van der Waals surface area (Å²) in [5, 5.41) is 9.06. The van der Waals surface area contributed by atoms with E-state index in [0.717, 1.165) is 49.6 Å². The number of carbonyl (C=O) groups is 2. The van der Waals surface area contributed by atoms with E-state index in [2.05, 4.69) is 61.2 Å². The summed E-state index contributed by atoms with van der Waals surface area (Å²) in [5.74, 6) is 0.151. The molecular weight excluding hydrogens is 460 g/mol. The van der Waals surface area contributed by atoms with Gasteiger partial charge >= 0.3 is 0 Å².